The van der Waals surface area contributed by atoms with Crippen molar-refractivity contribution in [1.29, 1.82) is 0 Å². The summed E-state index contributed by atoms with van der Waals surface area (Å²) >= 11 is 0. The van der Waals surface area contributed by atoms with Crippen molar-refractivity contribution in [3.63, 3.8) is 0 Å². The van der Waals surface area contributed by atoms with Crippen LogP contribution in [0.4, 0.5) is 0 Å². The van der Waals surface area contributed by atoms with Gasteiger partial charge in [-0.2, -0.15) is 0 Å². The maximum Gasteiger partial charge on any atom is 0.159 e. The molecule has 47 valence electrons. The maximum absolute atomic E-state index is 10.6. The molecule has 0 saturated carbocycles. The average molecular weight is 143 g/mol. The third kappa shape index (κ3) is 2.65. The molecular formula is C8H8NaO. The van der Waals surface area contributed by atoms with Gasteiger partial charge in [-0.3, -0.25) is 4.79 Å². The molecule has 0 heterocycles. The molecule has 2 heteroatoms. The minimum Gasteiger partial charge on any atom is -0.295 e. The quantitative estimate of drug-likeness (QED) is 0.430. The Morgan fingerprint density at radius 1 is 1.20 bits per heavy atom. The van der Waals surface area contributed by atoms with Crippen molar-refractivity contribution in [2.24, 2.45) is 0 Å². The molecule has 10 heavy (non-hydrogen) atoms. The second-order valence-corrected chi connectivity index (χ2v) is 1.92. The topological polar surface area (TPSA) is 17.1 Å². The molecule has 0 saturated heterocycles. The molecule has 0 N–H and O–H groups in total. The SMILES string of the molecule is CC(=O)c1ccccc1.[Na]. The van der Waals surface area contributed by atoms with Gasteiger partial charge in [-0.15, -0.1) is 0 Å². The van der Waals surface area contributed by atoms with Gasteiger partial charge in [-0.05, 0) is 6.92 Å². The summed E-state index contributed by atoms with van der Waals surface area (Å²) in [5.41, 5.74) is 0.775. The van der Waals surface area contributed by atoms with Crippen molar-refractivity contribution in [2.75, 3.05) is 0 Å². The third-order valence-electron chi connectivity index (χ3n) is 1.18. The molecule has 1 rings (SSSR count). The van der Waals surface area contributed by atoms with Crippen molar-refractivity contribution in [3.8, 4) is 0 Å². The van der Waals surface area contributed by atoms with Gasteiger partial charge in [0.2, 0.25) is 0 Å². The van der Waals surface area contributed by atoms with E-state index in [4.69, 9.17) is 0 Å². The first kappa shape index (κ1) is 9.89. The number of carbonyl (C=O) groups is 1. The summed E-state index contributed by atoms with van der Waals surface area (Å²) in [6, 6.07) is 9.23. The summed E-state index contributed by atoms with van der Waals surface area (Å²) in [5, 5.41) is 0. The van der Waals surface area contributed by atoms with E-state index in [1.54, 1.807) is 6.92 Å². The van der Waals surface area contributed by atoms with E-state index in [-0.39, 0.29) is 35.3 Å². The van der Waals surface area contributed by atoms with Crippen LogP contribution < -0.4 is 0 Å². The van der Waals surface area contributed by atoms with Crippen molar-refractivity contribution in [1.82, 2.24) is 0 Å². The van der Waals surface area contributed by atoms with Gasteiger partial charge in [-0.25, -0.2) is 0 Å². The molecule has 0 aliphatic heterocycles. The van der Waals surface area contributed by atoms with E-state index < -0.39 is 0 Å². The number of Topliss-reactive ketones (excluding diaryl/α,β-unsaturated/α-hetero) is 1. The molecule has 0 spiro atoms. The Morgan fingerprint density at radius 3 is 2.00 bits per heavy atom. The molecular weight excluding hydrogens is 135 g/mol. The summed E-state index contributed by atoms with van der Waals surface area (Å²) in [4.78, 5) is 10.6. The molecule has 0 unspecified atom stereocenters. The van der Waals surface area contributed by atoms with Gasteiger partial charge in [0.05, 0.1) is 0 Å². The molecule has 0 amide bonds. The average Bonchev–Trinajstić information content (AvgIpc) is 1.90. The van der Waals surface area contributed by atoms with E-state index in [0.717, 1.165) is 5.56 Å². The van der Waals surface area contributed by atoms with Crippen LogP contribution in [0, 0.1) is 0 Å². The van der Waals surface area contributed by atoms with E-state index in [0.29, 0.717) is 0 Å². The van der Waals surface area contributed by atoms with Crippen LogP contribution >= 0.6 is 0 Å². The van der Waals surface area contributed by atoms with Crippen LogP contribution in [0.2, 0.25) is 0 Å². The fraction of sp³-hybridized carbons (Fsp3) is 0.125. The first-order valence-electron chi connectivity index (χ1n) is 2.86. The van der Waals surface area contributed by atoms with Crippen LogP contribution in [-0.2, 0) is 0 Å². The Balaban J connectivity index is 0.000000810. The van der Waals surface area contributed by atoms with Gasteiger partial charge in [0, 0.05) is 35.1 Å². The molecule has 0 fully saturated rings. The molecule has 1 radical (unpaired) electrons. The van der Waals surface area contributed by atoms with E-state index in [2.05, 4.69) is 0 Å². The first-order chi connectivity index (χ1) is 4.30. The monoisotopic (exact) mass is 143 g/mol. The Labute approximate surface area is 82.7 Å². The molecule has 1 nitrogen and oxygen atoms in total. The van der Waals surface area contributed by atoms with Crippen molar-refractivity contribution >= 4 is 35.3 Å². The smallest absolute Gasteiger partial charge is 0.159 e. The summed E-state index contributed by atoms with van der Waals surface area (Å²) in [6.07, 6.45) is 0. The largest absolute Gasteiger partial charge is 0.295 e. The van der Waals surface area contributed by atoms with Crippen LogP contribution in [0.15, 0.2) is 30.3 Å². The van der Waals surface area contributed by atoms with E-state index in [1.807, 2.05) is 30.3 Å². The second kappa shape index (κ2) is 4.67. The van der Waals surface area contributed by atoms with Gasteiger partial charge in [0.1, 0.15) is 0 Å². The van der Waals surface area contributed by atoms with Gasteiger partial charge in [-0.1, -0.05) is 30.3 Å². The van der Waals surface area contributed by atoms with Crippen LogP contribution in [0.3, 0.4) is 0 Å². The summed E-state index contributed by atoms with van der Waals surface area (Å²) in [6.45, 7) is 1.56. The van der Waals surface area contributed by atoms with Crippen molar-refractivity contribution in [2.45, 2.75) is 6.92 Å². The van der Waals surface area contributed by atoms with E-state index >= 15 is 0 Å². The van der Waals surface area contributed by atoms with Gasteiger partial charge in [0.25, 0.3) is 0 Å². The van der Waals surface area contributed by atoms with Crippen molar-refractivity contribution in [3.05, 3.63) is 35.9 Å². The number of benzene rings is 1. The fourth-order valence-corrected chi connectivity index (χ4v) is 0.673. The first-order valence-corrected chi connectivity index (χ1v) is 2.86. The molecule has 1 aromatic carbocycles. The Morgan fingerprint density at radius 2 is 1.70 bits per heavy atom. The molecule has 0 aliphatic carbocycles. The van der Waals surface area contributed by atoms with Gasteiger partial charge in [0.15, 0.2) is 5.78 Å². The minimum absolute atomic E-state index is 0. The van der Waals surface area contributed by atoms with Crippen molar-refractivity contribution < 1.29 is 4.79 Å². The number of carbonyl (C=O) groups excluding carboxylic acids is 1. The van der Waals surface area contributed by atoms with Crippen LogP contribution in [0.5, 0.6) is 0 Å². The number of hydrogen-bond donors (Lipinski definition) is 0. The van der Waals surface area contributed by atoms with E-state index in [1.165, 1.54) is 0 Å². The minimum atomic E-state index is 0. The second-order valence-electron chi connectivity index (χ2n) is 1.92. The van der Waals surface area contributed by atoms with E-state index in [9.17, 15) is 4.79 Å². The zero-order valence-electron chi connectivity index (χ0n) is 6.29. The normalized spacial score (nSPS) is 8.10. The number of ketones is 1. The Bertz CT molecular complexity index is 206. The molecule has 0 aliphatic rings. The molecule has 0 aromatic heterocycles. The zero-order valence-corrected chi connectivity index (χ0v) is 8.29. The Hall–Kier alpha value is -0.110. The summed E-state index contributed by atoms with van der Waals surface area (Å²) in [5.74, 6) is 0.121. The molecule has 0 atom stereocenters. The van der Waals surface area contributed by atoms with Crippen LogP contribution in [0.25, 0.3) is 0 Å². The summed E-state index contributed by atoms with van der Waals surface area (Å²) in [7, 11) is 0. The van der Waals surface area contributed by atoms with Gasteiger partial charge < -0.3 is 0 Å². The van der Waals surface area contributed by atoms with Crippen LogP contribution in [-0.4, -0.2) is 35.3 Å². The molecule has 1 aromatic rings. The van der Waals surface area contributed by atoms with Gasteiger partial charge >= 0.3 is 0 Å². The predicted octanol–water partition coefficient (Wildman–Crippen LogP) is 1.51. The predicted molar refractivity (Wildman–Crippen MR) is 42.2 cm³/mol. The third-order valence-corrected chi connectivity index (χ3v) is 1.18. The van der Waals surface area contributed by atoms with Crippen LogP contribution in [0.1, 0.15) is 17.3 Å². The number of hydrogen-bond acceptors (Lipinski definition) is 1. The molecule has 0 bridgehead atoms. The zero-order chi connectivity index (χ0) is 6.69. The Kier molecular flexibility index (Phi) is 4.62. The standard InChI is InChI=1S/C8H8O.Na/c1-7(9)8-5-3-2-4-6-8;/h2-6H,1H3;. The summed E-state index contributed by atoms with van der Waals surface area (Å²) < 4.78 is 0. The fourth-order valence-electron chi connectivity index (χ4n) is 0.673. The maximum atomic E-state index is 10.6. The number of rotatable bonds is 1.